The van der Waals surface area contributed by atoms with Gasteiger partial charge in [-0.2, -0.15) is 0 Å². The van der Waals surface area contributed by atoms with E-state index >= 15 is 0 Å². The third-order valence-corrected chi connectivity index (χ3v) is 6.56. The highest BCUT2D eigenvalue weighted by atomic mass is 35.5. The van der Waals surface area contributed by atoms with Crippen molar-refractivity contribution in [3.05, 3.63) is 66.6 Å². The Labute approximate surface area is 217 Å². The van der Waals surface area contributed by atoms with Gasteiger partial charge >= 0.3 is 0 Å². The highest BCUT2D eigenvalue weighted by Crippen LogP contribution is 2.33. The molecule has 4 amide bonds. The van der Waals surface area contributed by atoms with Gasteiger partial charge in [0.2, 0.25) is 0 Å². The second-order valence-corrected chi connectivity index (χ2v) is 10.5. The topological polar surface area (TPSA) is 74.8 Å². The van der Waals surface area contributed by atoms with Crippen LogP contribution >= 0.6 is 46.4 Å². The lowest BCUT2D eigenvalue weighted by Crippen LogP contribution is -2.33. The number of imide groups is 2. The van der Waals surface area contributed by atoms with E-state index < -0.39 is 0 Å². The van der Waals surface area contributed by atoms with Gasteiger partial charge in [0, 0.05) is 13.1 Å². The second kappa shape index (κ2) is 10.2. The summed E-state index contributed by atoms with van der Waals surface area (Å²) in [5.74, 6) is -0.727. The predicted octanol–water partition coefficient (Wildman–Crippen LogP) is 6.49. The molecular formula is C24H22Cl4N2O4. The molecule has 180 valence electrons. The number of hydrogen-bond acceptors (Lipinski definition) is 4. The Kier molecular flexibility index (Phi) is 7.98. The van der Waals surface area contributed by atoms with E-state index in [1.165, 1.54) is 34.1 Å². The van der Waals surface area contributed by atoms with Crippen molar-refractivity contribution in [2.45, 2.75) is 27.7 Å². The molecule has 34 heavy (non-hydrogen) atoms. The molecule has 0 saturated carbocycles. The fourth-order valence-electron chi connectivity index (χ4n) is 3.63. The van der Waals surface area contributed by atoms with Gasteiger partial charge in [0.1, 0.15) is 0 Å². The fraction of sp³-hybridized carbons (Fsp3) is 0.333. The lowest BCUT2D eigenvalue weighted by molar-refractivity contribution is 0.0621. The van der Waals surface area contributed by atoms with Gasteiger partial charge in [-0.3, -0.25) is 29.0 Å². The Morgan fingerprint density at radius 3 is 0.912 bits per heavy atom. The molecule has 0 radical (unpaired) electrons. The summed E-state index contributed by atoms with van der Waals surface area (Å²) in [5.41, 5.74) is 1.35. The quantitative estimate of drug-likeness (QED) is 0.413. The second-order valence-electron chi connectivity index (χ2n) is 8.85. The average Bonchev–Trinajstić information content (AvgIpc) is 3.09. The summed E-state index contributed by atoms with van der Waals surface area (Å²) in [7, 11) is 0. The maximum Gasteiger partial charge on any atom is 0.261 e. The van der Waals surface area contributed by atoms with Crippen molar-refractivity contribution in [1.29, 1.82) is 0 Å². The number of amides is 4. The average molecular weight is 544 g/mol. The first-order valence-electron chi connectivity index (χ1n) is 10.5. The standard InChI is InChI=1S/2C12H11Cl2NO2/c2*1-6(2)5-15-11(16)7-3-9(13)10(14)4-8(7)12(15)17/h2*3-4,6H,5H2,1-2H3. The maximum absolute atomic E-state index is 12.0. The molecular weight excluding hydrogens is 522 g/mol. The van der Waals surface area contributed by atoms with Crippen molar-refractivity contribution in [3.8, 4) is 0 Å². The highest BCUT2D eigenvalue weighted by Gasteiger charge is 2.37. The number of carbonyl (C=O) groups excluding carboxylic acids is 4. The molecule has 2 aromatic carbocycles. The van der Waals surface area contributed by atoms with Crippen LogP contribution in [0, 0.1) is 11.8 Å². The Morgan fingerprint density at radius 2 is 0.735 bits per heavy atom. The summed E-state index contributed by atoms with van der Waals surface area (Å²) in [5, 5.41) is 1.16. The van der Waals surface area contributed by atoms with Crippen molar-refractivity contribution in [1.82, 2.24) is 9.80 Å². The number of fused-ring (bicyclic) bond motifs is 2. The van der Waals surface area contributed by atoms with Gasteiger partial charge in [-0.05, 0) is 36.1 Å². The van der Waals surface area contributed by atoms with Crippen LogP contribution in [0.2, 0.25) is 20.1 Å². The lowest BCUT2D eigenvalue weighted by Gasteiger charge is -2.15. The van der Waals surface area contributed by atoms with Crippen molar-refractivity contribution in [2.75, 3.05) is 13.1 Å². The molecule has 0 saturated heterocycles. The van der Waals surface area contributed by atoms with Crippen LogP contribution in [0.4, 0.5) is 0 Å². The van der Waals surface area contributed by atoms with E-state index in [0.717, 1.165) is 0 Å². The van der Waals surface area contributed by atoms with Gasteiger partial charge in [0.25, 0.3) is 23.6 Å². The summed E-state index contributed by atoms with van der Waals surface area (Å²) < 4.78 is 0. The largest absolute Gasteiger partial charge is 0.274 e. The van der Waals surface area contributed by atoms with Crippen LogP contribution in [0.5, 0.6) is 0 Å². The maximum atomic E-state index is 12.0. The monoisotopic (exact) mass is 542 g/mol. The lowest BCUT2D eigenvalue weighted by atomic mass is 10.1. The zero-order chi connectivity index (χ0) is 25.5. The predicted molar refractivity (Wildman–Crippen MR) is 133 cm³/mol. The molecule has 0 fully saturated rings. The molecule has 0 unspecified atom stereocenters. The Hall–Kier alpha value is -2.12. The van der Waals surface area contributed by atoms with Crippen LogP contribution in [0.3, 0.4) is 0 Å². The van der Waals surface area contributed by atoms with Crippen LogP contribution in [0.25, 0.3) is 0 Å². The minimum Gasteiger partial charge on any atom is -0.274 e. The molecule has 2 aromatic rings. The molecule has 2 heterocycles. The minimum absolute atomic E-state index is 0.225. The van der Waals surface area contributed by atoms with E-state index in [4.69, 9.17) is 46.4 Å². The summed E-state index contributed by atoms with van der Waals surface area (Å²) in [4.78, 5) is 50.5. The van der Waals surface area contributed by atoms with Crippen LogP contribution in [-0.2, 0) is 0 Å². The number of nitrogens with zero attached hydrogens (tertiary/aromatic N) is 2. The summed E-state index contributed by atoms with van der Waals surface area (Å²) in [6, 6.07) is 5.83. The van der Waals surface area contributed by atoms with Crippen LogP contribution in [0.1, 0.15) is 69.1 Å². The first-order valence-corrected chi connectivity index (χ1v) is 12.0. The van der Waals surface area contributed by atoms with Gasteiger partial charge in [-0.15, -0.1) is 0 Å². The van der Waals surface area contributed by atoms with Crippen molar-refractivity contribution >= 4 is 70.0 Å². The first kappa shape index (κ1) is 26.5. The SMILES string of the molecule is CC(C)CN1C(=O)c2cc(Cl)c(Cl)cc2C1=O.CC(C)CN1C(=O)c2cc(Cl)c(Cl)cc2C1=O. The van der Waals surface area contributed by atoms with Gasteiger partial charge in [-0.1, -0.05) is 74.1 Å². The molecule has 0 aliphatic carbocycles. The van der Waals surface area contributed by atoms with E-state index in [2.05, 4.69) is 0 Å². The first-order chi connectivity index (χ1) is 15.8. The molecule has 0 bridgehead atoms. The van der Waals surface area contributed by atoms with Crippen LogP contribution < -0.4 is 0 Å². The number of rotatable bonds is 4. The van der Waals surface area contributed by atoms with Gasteiger partial charge in [-0.25, -0.2) is 0 Å². The minimum atomic E-state index is -0.294. The smallest absolute Gasteiger partial charge is 0.261 e. The van der Waals surface area contributed by atoms with Crippen molar-refractivity contribution < 1.29 is 19.2 Å². The number of benzene rings is 2. The van der Waals surface area contributed by atoms with E-state index in [0.29, 0.717) is 35.3 Å². The Bertz CT molecular complexity index is 1030. The van der Waals surface area contributed by atoms with E-state index in [-0.39, 0.29) is 55.6 Å². The Balaban J connectivity index is 0.000000191. The third kappa shape index (κ3) is 5.10. The molecule has 2 aliphatic heterocycles. The van der Waals surface area contributed by atoms with Gasteiger partial charge in [0.15, 0.2) is 0 Å². The number of hydrogen-bond donors (Lipinski definition) is 0. The molecule has 10 heteroatoms. The van der Waals surface area contributed by atoms with Gasteiger partial charge in [0.05, 0.1) is 42.3 Å². The number of halogens is 4. The highest BCUT2D eigenvalue weighted by molar-refractivity contribution is 6.43. The molecule has 0 spiro atoms. The molecule has 6 nitrogen and oxygen atoms in total. The van der Waals surface area contributed by atoms with E-state index in [1.807, 2.05) is 27.7 Å². The summed E-state index contributed by atoms with van der Waals surface area (Å²) in [6.07, 6.45) is 0. The van der Waals surface area contributed by atoms with Crippen molar-refractivity contribution in [3.63, 3.8) is 0 Å². The number of carbonyl (C=O) groups is 4. The van der Waals surface area contributed by atoms with Crippen molar-refractivity contribution in [2.24, 2.45) is 11.8 Å². The Morgan fingerprint density at radius 1 is 0.529 bits per heavy atom. The summed E-state index contributed by atoms with van der Waals surface area (Å²) in [6.45, 7) is 8.60. The molecule has 2 aliphatic rings. The zero-order valence-electron chi connectivity index (χ0n) is 18.9. The molecule has 4 rings (SSSR count). The van der Waals surface area contributed by atoms with Crippen LogP contribution in [-0.4, -0.2) is 46.5 Å². The fourth-order valence-corrected chi connectivity index (χ4v) is 4.28. The van der Waals surface area contributed by atoms with E-state index in [9.17, 15) is 19.2 Å². The molecule has 0 atom stereocenters. The summed E-state index contributed by atoms with van der Waals surface area (Å²) >= 11 is 23.4. The molecule has 0 aromatic heterocycles. The van der Waals surface area contributed by atoms with Gasteiger partial charge < -0.3 is 0 Å². The van der Waals surface area contributed by atoms with E-state index in [1.54, 1.807) is 0 Å². The normalized spacial score (nSPS) is 14.8. The molecule has 0 N–H and O–H groups in total. The van der Waals surface area contributed by atoms with Crippen LogP contribution in [0.15, 0.2) is 24.3 Å². The third-order valence-electron chi connectivity index (χ3n) is 5.12. The zero-order valence-corrected chi connectivity index (χ0v) is 21.9.